The average Bonchev–Trinajstić information content (AvgIpc) is 2.27. The summed E-state index contributed by atoms with van der Waals surface area (Å²) in [5, 5.41) is 18.7. The van der Waals surface area contributed by atoms with Crippen LogP contribution in [0.2, 0.25) is 0 Å². The molecule has 88 valence electrons. The molecule has 0 radical (unpaired) electrons. The number of rotatable bonds is 4. The molecule has 2 atom stereocenters. The third-order valence-corrected chi connectivity index (χ3v) is 2.78. The molecule has 0 bridgehead atoms. The van der Waals surface area contributed by atoms with Crippen LogP contribution in [-0.4, -0.2) is 16.2 Å². The lowest BCUT2D eigenvalue weighted by Gasteiger charge is -2.15. The van der Waals surface area contributed by atoms with Crippen LogP contribution in [0.4, 0.5) is 0 Å². The van der Waals surface area contributed by atoms with E-state index >= 15 is 0 Å². The van der Waals surface area contributed by atoms with Gasteiger partial charge in [-0.2, -0.15) is 0 Å². The first-order valence-corrected chi connectivity index (χ1v) is 5.44. The van der Waals surface area contributed by atoms with Gasteiger partial charge in [0.25, 0.3) is 0 Å². The van der Waals surface area contributed by atoms with E-state index in [0.29, 0.717) is 0 Å². The zero-order valence-corrected chi connectivity index (χ0v) is 9.84. The lowest BCUT2D eigenvalue weighted by Crippen LogP contribution is -2.09. The Kier molecular flexibility index (Phi) is 4.07. The molecule has 0 unspecified atom stereocenters. The zero-order valence-electron chi connectivity index (χ0n) is 9.84. The molecule has 1 rings (SSSR count). The second-order valence-electron chi connectivity index (χ2n) is 4.42. The van der Waals surface area contributed by atoms with E-state index in [9.17, 15) is 9.90 Å². The Labute approximate surface area is 95.7 Å². The molecule has 0 amide bonds. The maximum atomic E-state index is 10.8. The van der Waals surface area contributed by atoms with Gasteiger partial charge < -0.3 is 10.2 Å². The Bertz CT molecular complexity index is 354. The van der Waals surface area contributed by atoms with E-state index < -0.39 is 18.0 Å². The van der Waals surface area contributed by atoms with Crippen molar-refractivity contribution in [2.75, 3.05) is 0 Å². The number of aliphatic hydroxyl groups is 1. The fraction of sp³-hybridized carbons (Fsp3) is 0.462. The highest BCUT2D eigenvalue weighted by Gasteiger charge is 2.15. The van der Waals surface area contributed by atoms with E-state index in [-0.39, 0.29) is 5.92 Å². The molecule has 0 fully saturated rings. The summed E-state index contributed by atoms with van der Waals surface area (Å²) in [7, 11) is 0. The van der Waals surface area contributed by atoms with Gasteiger partial charge in [-0.3, -0.25) is 4.79 Å². The SMILES string of the molecule is CC(C)[C@H](O)c1ccc([C@H](C)C(=O)O)cc1. The molecule has 0 aliphatic rings. The number of hydrogen-bond donors (Lipinski definition) is 2. The zero-order chi connectivity index (χ0) is 12.3. The number of aliphatic hydroxyl groups excluding tert-OH is 1. The highest BCUT2D eigenvalue weighted by Crippen LogP contribution is 2.23. The van der Waals surface area contributed by atoms with Crippen LogP contribution in [0.15, 0.2) is 24.3 Å². The van der Waals surface area contributed by atoms with Crippen LogP contribution in [0.3, 0.4) is 0 Å². The van der Waals surface area contributed by atoms with E-state index in [0.717, 1.165) is 11.1 Å². The number of carbonyl (C=O) groups is 1. The lowest BCUT2D eigenvalue weighted by molar-refractivity contribution is -0.138. The van der Waals surface area contributed by atoms with Crippen LogP contribution in [-0.2, 0) is 4.79 Å². The summed E-state index contributed by atoms with van der Waals surface area (Å²) in [4.78, 5) is 10.8. The van der Waals surface area contributed by atoms with Crippen LogP contribution >= 0.6 is 0 Å². The van der Waals surface area contributed by atoms with E-state index in [4.69, 9.17) is 5.11 Å². The number of benzene rings is 1. The van der Waals surface area contributed by atoms with Gasteiger partial charge >= 0.3 is 5.97 Å². The third-order valence-electron chi connectivity index (χ3n) is 2.78. The van der Waals surface area contributed by atoms with Crippen molar-refractivity contribution in [1.82, 2.24) is 0 Å². The first-order valence-electron chi connectivity index (χ1n) is 5.44. The molecule has 0 saturated carbocycles. The molecular weight excluding hydrogens is 204 g/mol. The maximum Gasteiger partial charge on any atom is 0.310 e. The molecule has 3 nitrogen and oxygen atoms in total. The van der Waals surface area contributed by atoms with E-state index in [2.05, 4.69) is 0 Å². The molecule has 0 heterocycles. The summed E-state index contributed by atoms with van der Waals surface area (Å²) in [6.07, 6.45) is -0.491. The largest absolute Gasteiger partial charge is 0.481 e. The average molecular weight is 222 g/mol. The highest BCUT2D eigenvalue weighted by molar-refractivity contribution is 5.75. The second-order valence-corrected chi connectivity index (χ2v) is 4.42. The predicted molar refractivity (Wildman–Crippen MR) is 62.3 cm³/mol. The number of carboxylic acid groups (broad SMARTS) is 1. The summed E-state index contributed by atoms with van der Waals surface area (Å²) in [5.41, 5.74) is 1.59. The van der Waals surface area contributed by atoms with Crippen molar-refractivity contribution in [3.8, 4) is 0 Å². The van der Waals surface area contributed by atoms with Crippen LogP contribution in [0.25, 0.3) is 0 Å². The van der Waals surface area contributed by atoms with Crippen molar-refractivity contribution in [2.45, 2.75) is 32.8 Å². The van der Waals surface area contributed by atoms with Gasteiger partial charge in [0, 0.05) is 0 Å². The molecule has 3 heteroatoms. The minimum Gasteiger partial charge on any atom is -0.481 e. The van der Waals surface area contributed by atoms with Crippen molar-refractivity contribution in [3.63, 3.8) is 0 Å². The summed E-state index contributed by atoms with van der Waals surface area (Å²) in [6, 6.07) is 7.11. The summed E-state index contributed by atoms with van der Waals surface area (Å²) >= 11 is 0. The third kappa shape index (κ3) is 2.83. The smallest absolute Gasteiger partial charge is 0.310 e. The topological polar surface area (TPSA) is 57.5 Å². The van der Waals surface area contributed by atoms with Crippen molar-refractivity contribution >= 4 is 5.97 Å². The number of carboxylic acids is 1. The summed E-state index contributed by atoms with van der Waals surface area (Å²) < 4.78 is 0. The Morgan fingerprint density at radius 1 is 1.06 bits per heavy atom. The van der Waals surface area contributed by atoms with Gasteiger partial charge in [-0.25, -0.2) is 0 Å². The Morgan fingerprint density at radius 3 is 1.88 bits per heavy atom. The first-order chi connectivity index (χ1) is 7.43. The molecule has 0 aliphatic heterocycles. The molecule has 0 saturated heterocycles. The quantitative estimate of drug-likeness (QED) is 0.823. The Balaban J connectivity index is 2.87. The van der Waals surface area contributed by atoms with Crippen LogP contribution in [0.5, 0.6) is 0 Å². The molecule has 1 aromatic rings. The minimum absolute atomic E-state index is 0.155. The lowest BCUT2D eigenvalue weighted by atomic mass is 9.95. The maximum absolute atomic E-state index is 10.8. The van der Waals surface area contributed by atoms with Gasteiger partial charge in [0.2, 0.25) is 0 Å². The van der Waals surface area contributed by atoms with E-state index in [1.807, 2.05) is 13.8 Å². The van der Waals surface area contributed by atoms with Gasteiger partial charge in [0.05, 0.1) is 12.0 Å². The number of aliphatic carboxylic acids is 1. The van der Waals surface area contributed by atoms with Gasteiger partial charge in [-0.15, -0.1) is 0 Å². The monoisotopic (exact) mass is 222 g/mol. The van der Waals surface area contributed by atoms with Crippen LogP contribution in [0, 0.1) is 5.92 Å². The highest BCUT2D eigenvalue weighted by atomic mass is 16.4. The molecule has 0 aliphatic carbocycles. The van der Waals surface area contributed by atoms with Gasteiger partial charge in [-0.05, 0) is 24.0 Å². The molecule has 0 spiro atoms. The predicted octanol–water partition coefficient (Wildman–Crippen LogP) is 2.56. The minimum atomic E-state index is -0.836. The summed E-state index contributed by atoms with van der Waals surface area (Å²) in [5.74, 6) is -1.19. The van der Waals surface area contributed by atoms with E-state index in [1.54, 1.807) is 31.2 Å². The van der Waals surface area contributed by atoms with Crippen LogP contribution in [0.1, 0.15) is 43.9 Å². The fourth-order valence-corrected chi connectivity index (χ4v) is 1.51. The standard InChI is InChI=1S/C13H18O3/c1-8(2)12(14)11-6-4-10(5-7-11)9(3)13(15)16/h4-9,12,14H,1-3H3,(H,15,16)/t9-,12-/m0/s1. The van der Waals surface area contributed by atoms with Crippen molar-refractivity contribution < 1.29 is 15.0 Å². The molecule has 2 N–H and O–H groups in total. The van der Waals surface area contributed by atoms with Crippen LogP contribution < -0.4 is 0 Å². The normalized spacial score (nSPS) is 14.8. The first kappa shape index (κ1) is 12.7. The molecule has 0 aromatic heterocycles. The van der Waals surface area contributed by atoms with Gasteiger partial charge in [0.15, 0.2) is 0 Å². The summed E-state index contributed by atoms with van der Waals surface area (Å²) in [6.45, 7) is 5.53. The van der Waals surface area contributed by atoms with Crippen molar-refractivity contribution in [2.24, 2.45) is 5.92 Å². The molecule has 1 aromatic carbocycles. The Morgan fingerprint density at radius 2 is 1.50 bits per heavy atom. The fourth-order valence-electron chi connectivity index (χ4n) is 1.51. The molecule has 16 heavy (non-hydrogen) atoms. The van der Waals surface area contributed by atoms with Gasteiger partial charge in [0.1, 0.15) is 0 Å². The van der Waals surface area contributed by atoms with Crippen molar-refractivity contribution in [1.29, 1.82) is 0 Å². The van der Waals surface area contributed by atoms with E-state index in [1.165, 1.54) is 0 Å². The van der Waals surface area contributed by atoms with Gasteiger partial charge in [-0.1, -0.05) is 38.1 Å². The van der Waals surface area contributed by atoms with Crippen molar-refractivity contribution in [3.05, 3.63) is 35.4 Å². The number of hydrogen-bond acceptors (Lipinski definition) is 2. The molecular formula is C13H18O3. The Hall–Kier alpha value is -1.35. The second kappa shape index (κ2) is 5.12.